The van der Waals surface area contributed by atoms with Crippen LogP contribution in [0.1, 0.15) is 290 Å². The fourth-order valence-corrected chi connectivity index (χ4v) is 8.69. The molecule has 0 aliphatic rings. The highest BCUT2D eigenvalue weighted by Crippen LogP contribution is 2.15. The maximum atomic E-state index is 12.9. The minimum atomic E-state index is -0.804. The van der Waals surface area contributed by atoms with E-state index in [0.29, 0.717) is 12.8 Å². The maximum absolute atomic E-state index is 12.9. The Bertz CT molecular complexity index is 1600. The van der Waals surface area contributed by atoms with Crippen molar-refractivity contribution in [3.05, 3.63) is 122 Å². The van der Waals surface area contributed by atoms with E-state index in [1.165, 1.54) is 122 Å². The lowest BCUT2D eigenvalue weighted by Gasteiger charge is -2.18. The Balaban J connectivity index is 4.41. The van der Waals surface area contributed by atoms with Gasteiger partial charge in [0.15, 0.2) is 6.10 Å². The molecule has 6 nitrogen and oxygen atoms in total. The number of hydrogen-bond donors (Lipinski definition) is 0. The zero-order valence-electron chi connectivity index (χ0n) is 50.2. The molecular formula is C71H118O6. The fraction of sp³-hybridized carbons (Fsp3) is 0.676. The Morgan fingerprint density at radius 2 is 0.506 bits per heavy atom. The van der Waals surface area contributed by atoms with E-state index in [4.69, 9.17) is 14.2 Å². The Morgan fingerprint density at radius 3 is 0.818 bits per heavy atom. The van der Waals surface area contributed by atoms with Crippen molar-refractivity contribution >= 4 is 17.9 Å². The standard InChI is InChI=1S/C71H118O6/c1-4-7-10-13-16-19-22-25-28-30-32-33-34-35-36-37-39-40-43-46-49-52-55-58-61-64-70(73)76-67-68(66-75-69(72)63-60-57-54-51-48-45-42-27-24-21-18-15-12-9-6-3)77-71(74)65-62-59-56-53-50-47-44-41-38-31-29-26-23-20-17-14-11-8-5-2/h7-8,10-11,16-17,19-20,25-29,32-33,38,41-42,47,50,68H,4-6,9,12-15,18,21-24,30-31,34-37,39-40,43-46,48-49,51-67H2,1-3H3/b10-7-,11-8-,19-16-,20-17-,28-25-,29-26-,33-32-,41-38-,42-27-,50-47-. The van der Waals surface area contributed by atoms with Gasteiger partial charge in [-0.2, -0.15) is 0 Å². The van der Waals surface area contributed by atoms with Gasteiger partial charge in [0.25, 0.3) is 0 Å². The van der Waals surface area contributed by atoms with Gasteiger partial charge in [0.05, 0.1) is 0 Å². The summed E-state index contributed by atoms with van der Waals surface area (Å²) in [5.41, 5.74) is 0. The molecule has 0 spiro atoms. The lowest BCUT2D eigenvalue weighted by Crippen LogP contribution is -2.30. The molecule has 0 rings (SSSR count). The first-order chi connectivity index (χ1) is 38.0. The highest BCUT2D eigenvalue weighted by atomic mass is 16.6. The molecule has 438 valence electrons. The third-order valence-corrected chi connectivity index (χ3v) is 13.4. The van der Waals surface area contributed by atoms with Crippen LogP contribution in [0.15, 0.2) is 122 Å². The second-order valence-corrected chi connectivity index (χ2v) is 20.9. The minimum absolute atomic E-state index is 0.0966. The monoisotopic (exact) mass is 1070 g/mol. The largest absolute Gasteiger partial charge is 0.462 e. The van der Waals surface area contributed by atoms with Gasteiger partial charge in [-0.3, -0.25) is 14.4 Å². The van der Waals surface area contributed by atoms with Gasteiger partial charge in [0.2, 0.25) is 0 Å². The van der Waals surface area contributed by atoms with Crippen LogP contribution in [0, 0.1) is 0 Å². The number of rotatable bonds is 57. The lowest BCUT2D eigenvalue weighted by atomic mass is 10.0. The molecule has 6 heteroatoms. The third kappa shape index (κ3) is 62.5. The van der Waals surface area contributed by atoms with Gasteiger partial charge >= 0.3 is 17.9 Å². The van der Waals surface area contributed by atoms with Crippen molar-refractivity contribution in [3.63, 3.8) is 0 Å². The molecule has 1 unspecified atom stereocenters. The predicted octanol–water partition coefficient (Wildman–Crippen LogP) is 22.0. The molecule has 0 heterocycles. The molecule has 0 amide bonds. The highest BCUT2D eigenvalue weighted by Gasteiger charge is 2.19. The Hall–Kier alpha value is -4.19. The second-order valence-electron chi connectivity index (χ2n) is 20.9. The Kier molecular flexibility index (Phi) is 60.8. The normalized spacial score (nSPS) is 12.9. The molecule has 77 heavy (non-hydrogen) atoms. The summed E-state index contributed by atoms with van der Waals surface area (Å²) in [6, 6.07) is 0. The number of allylic oxidation sites excluding steroid dienone is 20. The molecule has 0 aliphatic carbocycles. The van der Waals surface area contributed by atoms with Gasteiger partial charge in [0.1, 0.15) is 13.2 Å². The fourth-order valence-electron chi connectivity index (χ4n) is 8.69. The highest BCUT2D eigenvalue weighted by molar-refractivity contribution is 5.71. The first-order valence-electron chi connectivity index (χ1n) is 32.0. The zero-order valence-corrected chi connectivity index (χ0v) is 50.2. The van der Waals surface area contributed by atoms with Crippen molar-refractivity contribution in [2.45, 2.75) is 297 Å². The van der Waals surface area contributed by atoms with Crippen LogP contribution in [-0.4, -0.2) is 37.2 Å². The summed E-state index contributed by atoms with van der Waals surface area (Å²) in [5, 5.41) is 0. The summed E-state index contributed by atoms with van der Waals surface area (Å²) < 4.78 is 16.9. The number of hydrogen-bond acceptors (Lipinski definition) is 6. The smallest absolute Gasteiger partial charge is 0.306 e. The molecule has 0 radical (unpaired) electrons. The molecular weight excluding hydrogens is 949 g/mol. The van der Waals surface area contributed by atoms with Crippen LogP contribution in [0.5, 0.6) is 0 Å². The van der Waals surface area contributed by atoms with Gasteiger partial charge in [-0.05, 0) is 128 Å². The van der Waals surface area contributed by atoms with Crippen LogP contribution < -0.4 is 0 Å². The molecule has 0 aromatic carbocycles. The number of ether oxygens (including phenoxy) is 3. The zero-order chi connectivity index (χ0) is 55.7. The molecule has 0 aromatic heterocycles. The van der Waals surface area contributed by atoms with E-state index >= 15 is 0 Å². The maximum Gasteiger partial charge on any atom is 0.306 e. The van der Waals surface area contributed by atoms with Gasteiger partial charge in [-0.1, -0.05) is 264 Å². The summed E-state index contributed by atoms with van der Waals surface area (Å²) in [6.45, 7) is 6.39. The van der Waals surface area contributed by atoms with Gasteiger partial charge in [0, 0.05) is 19.3 Å². The summed E-state index contributed by atoms with van der Waals surface area (Å²) in [6.07, 6.45) is 89.1. The van der Waals surface area contributed by atoms with E-state index in [9.17, 15) is 14.4 Å². The van der Waals surface area contributed by atoms with Crippen molar-refractivity contribution in [1.82, 2.24) is 0 Å². The molecule has 0 N–H and O–H groups in total. The van der Waals surface area contributed by atoms with E-state index in [1.54, 1.807) is 0 Å². The minimum Gasteiger partial charge on any atom is -0.462 e. The molecule has 0 bridgehead atoms. The van der Waals surface area contributed by atoms with Crippen molar-refractivity contribution in [3.8, 4) is 0 Å². The molecule has 0 saturated heterocycles. The number of carbonyl (C=O) groups is 3. The first-order valence-corrected chi connectivity index (χ1v) is 32.0. The quantitative estimate of drug-likeness (QED) is 0.0261. The van der Waals surface area contributed by atoms with Crippen molar-refractivity contribution < 1.29 is 28.6 Å². The third-order valence-electron chi connectivity index (χ3n) is 13.4. The number of carbonyl (C=O) groups excluding carboxylic acids is 3. The SMILES string of the molecule is CC/C=C\C/C=C\C/C=C\C/C=C\C/C=C\CCCCCC(=O)OC(COC(=O)CCCCCCC/C=C\CCCCCCCC)COC(=O)CCCCCCCCCCCCCC/C=C\C/C=C\C/C=C\C/C=C\CC. The molecule has 0 aromatic rings. The summed E-state index contributed by atoms with van der Waals surface area (Å²) >= 11 is 0. The van der Waals surface area contributed by atoms with Crippen molar-refractivity contribution in [1.29, 1.82) is 0 Å². The van der Waals surface area contributed by atoms with Gasteiger partial charge in [-0.25, -0.2) is 0 Å². The lowest BCUT2D eigenvalue weighted by molar-refractivity contribution is -0.167. The van der Waals surface area contributed by atoms with Crippen LogP contribution in [-0.2, 0) is 28.6 Å². The van der Waals surface area contributed by atoms with E-state index < -0.39 is 6.10 Å². The average molecular weight is 1070 g/mol. The second kappa shape index (κ2) is 64.3. The van der Waals surface area contributed by atoms with Crippen molar-refractivity contribution in [2.24, 2.45) is 0 Å². The summed E-state index contributed by atoms with van der Waals surface area (Å²) in [4.78, 5) is 38.3. The van der Waals surface area contributed by atoms with E-state index in [1.807, 2.05) is 0 Å². The summed E-state index contributed by atoms with van der Waals surface area (Å²) in [7, 11) is 0. The Morgan fingerprint density at radius 1 is 0.273 bits per heavy atom. The summed E-state index contributed by atoms with van der Waals surface area (Å²) in [5.74, 6) is -0.934. The van der Waals surface area contributed by atoms with E-state index in [-0.39, 0.29) is 37.5 Å². The predicted molar refractivity (Wildman–Crippen MR) is 334 cm³/mol. The van der Waals surface area contributed by atoms with Gasteiger partial charge < -0.3 is 14.2 Å². The molecule has 1 atom stereocenters. The van der Waals surface area contributed by atoms with Crippen LogP contribution in [0.3, 0.4) is 0 Å². The molecule has 0 aliphatic heterocycles. The Labute approximate surface area is 475 Å². The molecule has 0 saturated carbocycles. The van der Waals surface area contributed by atoms with Crippen LogP contribution >= 0.6 is 0 Å². The molecule has 0 fully saturated rings. The van der Waals surface area contributed by atoms with E-state index in [2.05, 4.69) is 142 Å². The van der Waals surface area contributed by atoms with Crippen LogP contribution in [0.4, 0.5) is 0 Å². The topological polar surface area (TPSA) is 78.9 Å². The number of unbranched alkanes of at least 4 members (excludes halogenated alkanes) is 26. The van der Waals surface area contributed by atoms with Crippen LogP contribution in [0.25, 0.3) is 0 Å². The first kappa shape index (κ1) is 72.8. The average Bonchev–Trinajstić information content (AvgIpc) is 3.43. The number of esters is 3. The van der Waals surface area contributed by atoms with E-state index in [0.717, 1.165) is 128 Å². The van der Waals surface area contributed by atoms with Gasteiger partial charge in [-0.15, -0.1) is 0 Å². The van der Waals surface area contributed by atoms with Crippen LogP contribution in [0.2, 0.25) is 0 Å². The van der Waals surface area contributed by atoms with Crippen molar-refractivity contribution in [2.75, 3.05) is 13.2 Å².